The van der Waals surface area contributed by atoms with Crippen LogP contribution in [0.3, 0.4) is 0 Å². The van der Waals surface area contributed by atoms with Crippen LogP contribution in [0.2, 0.25) is 0 Å². The first-order valence-corrected chi connectivity index (χ1v) is 6.22. The minimum atomic E-state index is -4.48. The van der Waals surface area contributed by atoms with Crippen LogP contribution in [0.15, 0.2) is 23.6 Å². The number of thiazole rings is 1. The Balaban J connectivity index is 2.37. The third-order valence-corrected chi connectivity index (χ3v) is 3.39. The first-order chi connectivity index (χ1) is 9.32. The van der Waals surface area contributed by atoms with Gasteiger partial charge in [-0.1, -0.05) is 6.07 Å². The molecule has 0 saturated carbocycles. The number of hydrogen-bond donors (Lipinski definition) is 1. The quantitative estimate of drug-likeness (QED) is 0.683. The van der Waals surface area contributed by atoms with Crippen molar-refractivity contribution in [3.8, 4) is 10.6 Å². The first kappa shape index (κ1) is 14.3. The highest BCUT2D eigenvalue weighted by Gasteiger charge is 2.33. The van der Waals surface area contributed by atoms with Crippen molar-refractivity contribution in [2.75, 3.05) is 12.8 Å². The van der Waals surface area contributed by atoms with Crippen molar-refractivity contribution in [1.82, 2.24) is 4.98 Å². The summed E-state index contributed by atoms with van der Waals surface area (Å²) >= 11 is 0.855. The molecule has 0 saturated heterocycles. The second-order valence-electron chi connectivity index (χ2n) is 3.83. The van der Waals surface area contributed by atoms with Crippen molar-refractivity contribution in [2.24, 2.45) is 0 Å². The number of nitrogens with two attached hydrogens (primary N) is 1. The van der Waals surface area contributed by atoms with E-state index < -0.39 is 17.8 Å². The number of carbonyl (C=O) groups excluding carboxylic acids is 1. The van der Waals surface area contributed by atoms with Crippen molar-refractivity contribution in [1.29, 1.82) is 0 Å². The summed E-state index contributed by atoms with van der Waals surface area (Å²) in [5.74, 6) is -0.607. The van der Waals surface area contributed by atoms with Crippen LogP contribution in [-0.2, 0) is 10.9 Å². The Morgan fingerprint density at radius 3 is 2.60 bits per heavy atom. The minimum absolute atomic E-state index is 0.123. The molecule has 0 amide bonds. The molecule has 1 heterocycles. The van der Waals surface area contributed by atoms with Gasteiger partial charge in [0.25, 0.3) is 0 Å². The van der Waals surface area contributed by atoms with Crippen molar-refractivity contribution in [3.63, 3.8) is 0 Å². The van der Waals surface area contributed by atoms with Crippen LogP contribution < -0.4 is 5.73 Å². The van der Waals surface area contributed by atoms with Crippen LogP contribution in [0, 0.1) is 0 Å². The molecule has 2 aromatic rings. The van der Waals surface area contributed by atoms with Gasteiger partial charge in [0.05, 0.1) is 12.7 Å². The molecular formula is C12H9F3N2O2S. The number of esters is 1. The number of nitrogens with zero attached hydrogens (tertiary/aromatic N) is 1. The van der Waals surface area contributed by atoms with Crippen molar-refractivity contribution in [2.45, 2.75) is 6.18 Å². The van der Waals surface area contributed by atoms with Gasteiger partial charge >= 0.3 is 12.1 Å². The summed E-state index contributed by atoms with van der Waals surface area (Å²) in [6.07, 6.45) is -4.48. The monoisotopic (exact) mass is 302 g/mol. The molecule has 0 aliphatic carbocycles. The predicted octanol–water partition coefficient (Wildman–Crippen LogP) is 3.20. The summed E-state index contributed by atoms with van der Waals surface area (Å²) in [6.45, 7) is 0. The normalized spacial score (nSPS) is 11.4. The number of alkyl halides is 3. The van der Waals surface area contributed by atoms with Gasteiger partial charge in [-0.2, -0.15) is 13.2 Å². The van der Waals surface area contributed by atoms with E-state index in [2.05, 4.69) is 9.72 Å². The van der Waals surface area contributed by atoms with Crippen LogP contribution in [0.4, 0.5) is 18.9 Å². The second-order valence-corrected chi connectivity index (χ2v) is 4.69. The number of carbonyl (C=O) groups is 1. The van der Waals surface area contributed by atoms with E-state index in [4.69, 9.17) is 5.73 Å². The highest BCUT2D eigenvalue weighted by Crippen LogP contribution is 2.34. The largest absolute Gasteiger partial charge is 0.465 e. The van der Waals surface area contributed by atoms with Gasteiger partial charge in [-0.3, -0.25) is 0 Å². The Morgan fingerprint density at radius 1 is 1.40 bits per heavy atom. The molecule has 0 atom stereocenters. The van der Waals surface area contributed by atoms with Gasteiger partial charge in [0.2, 0.25) is 0 Å². The van der Waals surface area contributed by atoms with E-state index in [1.165, 1.54) is 25.3 Å². The van der Waals surface area contributed by atoms with Gasteiger partial charge in [-0.25, -0.2) is 9.78 Å². The second kappa shape index (κ2) is 5.12. The number of benzene rings is 1. The van der Waals surface area contributed by atoms with Crippen molar-refractivity contribution >= 4 is 23.0 Å². The zero-order valence-electron chi connectivity index (χ0n) is 10.2. The molecule has 1 aromatic heterocycles. The summed E-state index contributed by atoms with van der Waals surface area (Å²) in [6, 6.07) is 4.26. The molecule has 106 valence electrons. The van der Waals surface area contributed by atoms with Gasteiger partial charge in [0.15, 0.2) is 5.69 Å². The lowest BCUT2D eigenvalue weighted by Crippen LogP contribution is -2.06. The van der Waals surface area contributed by atoms with E-state index in [1.54, 1.807) is 0 Å². The molecule has 0 aliphatic heterocycles. The van der Waals surface area contributed by atoms with E-state index in [1.807, 2.05) is 0 Å². The van der Waals surface area contributed by atoms with Crippen molar-refractivity contribution in [3.05, 3.63) is 34.8 Å². The lowest BCUT2D eigenvalue weighted by Gasteiger charge is -2.05. The SMILES string of the molecule is COC(=O)c1ccc(-c2nc(C(F)(F)F)cs2)cc1N. The Labute approximate surface area is 116 Å². The smallest absolute Gasteiger partial charge is 0.434 e. The zero-order chi connectivity index (χ0) is 14.9. The predicted molar refractivity (Wildman–Crippen MR) is 68.3 cm³/mol. The van der Waals surface area contributed by atoms with Crippen molar-refractivity contribution < 1.29 is 22.7 Å². The maximum Gasteiger partial charge on any atom is 0.434 e. The molecule has 20 heavy (non-hydrogen) atoms. The number of methoxy groups -OCH3 is 1. The van der Waals surface area contributed by atoms with E-state index >= 15 is 0 Å². The van der Waals surface area contributed by atoms with Crippen LogP contribution in [-0.4, -0.2) is 18.1 Å². The van der Waals surface area contributed by atoms with Gasteiger partial charge < -0.3 is 10.5 Å². The summed E-state index contributed by atoms with van der Waals surface area (Å²) < 4.78 is 41.9. The summed E-state index contributed by atoms with van der Waals surface area (Å²) in [4.78, 5) is 14.9. The lowest BCUT2D eigenvalue weighted by molar-refractivity contribution is -0.140. The van der Waals surface area contributed by atoms with E-state index in [0.717, 1.165) is 16.7 Å². The highest BCUT2D eigenvalue weighted by molar-refractivity contribution is 7.13. The lowest BCUT2D eigenvalue weighted by atomic mass is 10.1. The molecule has 2 rings (SSSR count). The fraction of sp³-hybridized carbons (Fsp3) is 0.167. The zero-order valence-corrected chi connectivity index (χ0v) is 11.0. The number of rotatable bonds is 2. The summed E-state index contributed by atoms with van der Waals surface area (Å²) in [5.41, 5.74) is 5.42. The Bertz CT molecular complexity index is 652. The summed E-state index contributed by atoms with van der Waals surface area (Å²) in [7, 11) is 1.21. The number of hydrogen-bond acceptors (Lipinski definition) is 5. The van der Waals surface area contributed by atoms with Gasteiger partial charge in [0, 0.05) is 16.6 Å². The Kier molecular flexibility index (Phi) is 3.67. The number of nitrogen functional groups attached to an aromatic ring is 1. The molecule has 2 N–H and O–H groups in total. The molecule has 8 heteroatoms. The Hall–Kier alpha value is -2.09. The maximum atomic E-state index is 12.5. The molecule has 0 fully saturated rings. The van der Waals surface area contributed by atoms with Crippen LogP contribution >= 0.6 is 11.3 Å². The topological polar surface area (TPSA) is 65.2 Å². The third kappa shape index (κ3) is 2.74. The molecule has 0 bridgehead atoms. The first-order valence-electron chi connectivity index (χ1n) is 5.34. The average molecular weight is 302 g/mol. The standard InChI is InChI=1S/C12H9F3N2O2S/c1-19-11(18)7-3-2-6(4-8(7)16)10-17-9(5-20-10)12(13,14)15/h2-5H,16H2,1H3. The molecule has 0 unspecified atom stereocenters. The molecule has 4 nitrogen and oxygen atoms in total. The fourth-order valence-corrected chi connectivity index (χ4v) is 2.35. The number of anilines is 1. The molecule has 1 aromatic carbocycles. The van der Waals surface area contributed by atoms with Crippen LogP contribution in [0.25, 0.3) is 10.6 Å². The summed E-state index contributed by atoms with van der Waals surface area (Å²) in [5, 5.41) is 1.11. The van der Waals surface area contributed by atoms with Crippen LogP contribution in [0.5, 0.6) is 0 Å². The number of halogens is 3. The number of aromatic nitrogens is 1. The van der Waals surface area contributed by atoms with Gasteiger partial charge in [-0.15, -0.1) is 11.3 Å². The van der Waals surface area contributed by atoms with Crippen LogP contribution in [0.1, 0.15) is 16.1 Å². The molecular weight excluding hydrogens is 293 g/mol. The van der Waals surface area contributed by atoms with E-state index in [0.29, 0.717) is 5.56 Å². The minimum Gasteiger partial charge on any atom is -0.465 e. The Morgan fingerprint density at radius 2 is 2.10 bits per heavy atom. The van der Waals surface area contributed by atoms with E-state index in [-0.39, 0.29) is 16.3 Å². The molecule has 0 spiro atoms. The molecule has 0 aliphatic rings. The average Bonchev–Trinajstić information content (AvgIpc) is 2.87. The number of ether oxygens (including phenoxy) is 1. The van der Waals surface area contributed by atoms with Gasteiger partial charge in [0.1, 0.15) is 5.01 Å². The maximum absolute atomic E-state index is 12.5. The highest BCUT2D eigenvalue weighted by atomic mass is 32.1. The van der Waals surface area contributed by atoms with E-state index in [9.17, 15) is 18.0 Å². The fourth-order valence-electron chi connectivity index (χ4n) is 1.53. The molecule has 0 radical (unpaired) electrons. The third-order valence-electron chi connectivity index (χ3n) is 2.50. The van der Waals surface area contributed by atoms with Gasteiger partial charge in [-0.05, 0) is 12.1 Å².